The number of rotatable bonds is 9. The second-order valence-corrected chi connectivity index (χ2v) is 6.84. The summed E-state index contributed by atoms with van der Waals surface area (Å²) in [5.41, 5.74) is 0.0646. The van der Waals surface area contributed by atoms with E-state index in [-0.39, 0.29) is 16.9 Å². The van der Waals surface area contributed by atoms with Crippen LogP contribution in [0.3, 0.4) is 0 Å². The first-order valence-electron chi connectivity index (χ1n) is 12.8. The number of carbonyl (C=O) groups excluding carboxylic acids is 1. The molecule has 0 bridgehead atoms. The van der Waals surface area contributed by atoms with Crippen LogP contribution in [0.25, 0.3) is 0 Å². The minimum atomic E-state index is -3.15. The molecule has 0 heterocycles. The summed E-state index contributed by atoms with van der Waals surface area (Å²) in [5.74, 6) is -4.88. The van der Waals surface area contributed by atoms with Gasteiger partial charge in [-0.2, -0.15) is 14.0 Å². The third-order valence-corrected chi connectivity index (χ3v) is 4.54. The van der Waals surface area contributed by atoms with Crippen molar-refractivity contribution in [2.45, 2.75) is 32.3 Å². The van der Waals surface area contributed by atoms with Gasteiger partial charge in [0, 0.05) is 13.8 Å². The molecule has 0 aliphatic carbocycles. The molecular formula is C26H23F2NO4. The summed E-state index contributed by atoms with van der Waals surface area (Å²) in [6, 6.07) is 20.9. The lowest BCUT2D eigenvalue weighted by atomic mass is 9.88. The maximum absolute atomic E-state index is 13.4. The molecule has 3 aromatic carbocycles. The maximum atomic E-state index is 13.4. The van der Waals surface area contributed by atoms with Crippen molar-refractivity contribution in [2.75, 3.05) is 0 Å². The van der Waals surface area contributed by atoms with Crippen molar-refractivity contribution >= 4 is 5.97 Å². The molecule has 33 heavy (non-hydrogen) atoms. The highest BCUT2D eigenvalue weighted by molar-refractivity contribution is 5.79. The van der Waals surface area contributed by atoms with Crippen LogP contribution in [-0.2, 0) is 9.53 Å². The lowest BCUT2D eigenvalue weighted by Gasteiger charge is -2.22. The fraction of sp³-hybridized carbons (Fsp3) is 0.231. The van der Waals surface area contributed by atoms with Gasteiger partial charge in [0.05, 0.1) is 5.92 Å². The predicted molar refractivity (Wildman–Crippen MR) is 118 cm³/mol. The van der Waals surface area contributed by atoms with Crippen LogP contribution < -0.4 is 9.47 Å². The molecule has 0 fully saturated rings. The summed E-state index contributed by atoms with van der Waals surface area (Å²) >= 11 is 0. The molecule has 0 aliphatic rings. The molecule has 0 saturated heterocycles. The van der Waals surface area contributed by atoms with Crippen LogP contribution in [0.2, 0.25) is 0 Å². The van der Waals surface area contributed by atoms with Crippen LogP contribution in [0.4, 0.5) is 8.78 Å². The minimum Gasteiger partial charge on any atom is -0.457 e. The minimum absolute atomic E-state index is 0.128. The van der Waals surface area contributed by atoms with Gasteiger partial charge in [-0.25, -0.2) is 0 Å². The highest BCUT2D eigenvalue weighted by Crippen LogP contribution is 2.31. The third-order valence-electron chi connectivity index (χ3n) is 4.54. The molecular weight excluding hydrogens is 428 g/mol. The van der Waals surface area contributed by atoms with E-state index in [9.17, 15) is 18.8 Å². The molecule has 0 aliphatic heterocycles. The Morgan fingerprint density at radius 1 is 0.909 bits per heavy atom. The first-order valence-corrected chi connectivity index (χ1v) is 9.77. The fourth-order valence-electron chi connectivity index (χ4n) is 3.05. The summed E-state index contributed by atoms with van der Waals surface area (Å²) in [7, 11) is 0. The van der Waals surface area contributed by atoms with Gasteiger partial charge in [0.2, 0.25) is 6.10 Å². The quantitative estimate of drug-likeness (QED) is 0.338. The number of para-hydroxylation sites is 1. The zero-order valence-corrected chi connectivity index (χ0v) is 17.2. The van der Waals surface area contributed by atoms with Gasteiger partial charge in [-0.1, -0.05) is 56.2 Å². The smallest absolute Gasteiger partial charge is 0.387 e. The number of halogens is 2. The van der Waals surface area contributed by atoms with Gasteiger partial charge in [-0.3, -0.25) is 4.79 Å². The average Bonchev–Trinajstić information content (AvgIpc) is 2.85. The van der Waals surface area contributed by atoms with Crippen LogP contribution in [0, 0.1) is 17.2 Å². The molecule has 0 spiro atoms. The van der Waals surface area contributed by atoms with E-state index in [2.05, 4.69) is 4.74 Å². The van der Waals surface area contributed by atoms with Crippen molar-refractivity contribution in [3.8, 4) is 23.3 Å². The Hall–Kier alpha value is -3.92. The molecule has 0 radical (unpaired) electrons. The second kappa shape index (κ2) is 11.1. The number of alkyl halides is 2. The molecule has 170 valence electrons. The first-order chi connectivity index (χ1) is 18.3. The standard InChI is InChI=1S/C26H23F2NO4/c1-17(2)24(18-11-13-21(14-12-18)32-26(27)28)25(30)33-23(16-29)19-7-6-10-22(15-19)31-20-8-4-3-5-9-20/h3-15,17,23-24,26H,1-2H3/i1D3,2D3. The maximum Gasteiger partial charge on any atom is 0.387 e. The van der Waals surface area contributed by atoms with Crippen molar-refractivity contribution < 1.29 is 36.0 Å². The van der Waals surface area contributed by atoms with Gasteiger partial charge >= 0.3 is 12.6 Å². The van der Waals surface area contributed by atoms with Crippen LogP contribution in [0.5, 0.6) is 17.2 Å². The molecule has 0 amide bonds. The van der Waals surface area contributed by atoms with Crippen molar-refractivity contribution in [3.05, 3.63) is 90.0 Å². The molecule has 5 nitrogen and oxygen atoms in total. The van der Waals surface area contributed by atoms with Crippen LogP contribution >= 0.6 is 0 Å². The predicted octanol–water partition coefficient (Wildman–Crippen LogP) is 6.63. The summed E-state index contributed by atoms with van der Waals surface area (Å²) in [6.07, 6.45) is -1.55. The Kier molecular flexibility index (Phi) is 5.61. The third kappa shape index (κ3) is 6.53. The molecule has 0 saturated carbocycles. The molecule has 3 aromatic rings. The topological polar surface area (TPSA) is 68.6 Å². The van der Waals surface area contributed by atoms with E-state index in [1.54, 1.807) is 42.5 Å². The van der Waals surface area contributed by atoms with Crippen LogP contribution in [-0.4, -0.2) is 12.6 Å². The molecule has 0 N–H and O–H groups in total. The van der Waals surface area contributed by atoms with Crippen molar-refractivity contribution in [3.63, 3.8) is 0 Å². The number of carbonyl (C=O) groups is 1. The van der Waals surface area contributed by atoms with Crippen molar-refractivity contribution in [1.29, 1.82) is 5.26 Å². The number of hydrogen-bond acceptors (Lipinski definition) is 5. The van der Waals surface area contributed by atoms with Gasteiger partial charge in [-0.05, 0) is 47.9 Å². The summed E-state index contributed by atoms with van der Waals surface area (Å²) in [4.78, 5) is 13.4. The normalized spacial score (nSPS) is 16.1. The lowest BCUT2D eigenvalue weighted by Crippen LogP contribution is -2.22. The largest absolute Gasteiger partial charge is 0.457 e. The SMILES string of the molecule is [2H]C([2H])([2H])C(C(C(=O)OC(C#N)c1cccc(Oc2ccccc2)c1)c1ccc(OC(F)F)cc1)C([2H])([2H])[2H]. The Morgan fingerprint density at radius 3 is 2.24 bits per heavy atom. The number of nitrogens with zero attached hydrogens (tertiary/aromatic N) is 1. The van der Waals surface area contributed by atoms with E-state index in [0.29, 0.717) is 11.5 Å². The van der Waals surface area contributed by atoms with E-state index in [1.165, 1.54) is 12.1 Å². The van der Waals surface area contributed by atoms with Gasteiger partial charge in [0.1, 0.15) is 23.3 Å². The van der Waals surface area contributed by atoms with E-state index < -0.39 is 44.2 Å². The lowest BCUT2D eigenvalue weighted by molar-refractivity contribution is -0.150. The van der Waals surface area contributed by atoms with Gasteiger partial charge in [0.25, 0.3) is 0 Å². The monoisotopic (exact) mass is 457 g/mol. The van der Waals surface area contributed by atoms with E-state index in [0.717, 1.165) is 24.3 Å². The summed E-state index contributed by atoms with van der Waals surface area (Å²) < 4.78 is 87.5. The summed E-state index contributed by atoms with van der Waals surface area (Å²) in [5, 5.41) is 9.76. The number of esters is 1. The van der Waals surface area contributed by atoms with E-state index in [4.69, 9.17) is 17.7 Å². The number of benzene rings is 3. The zero-order chi connectivity index (χ0) is 28.8. The summed E-state index contributed by atoms with van der Waals surface area (Å²) in [6.45, 7) is -9.44. The Bertz CT molecular complexity index is 1280. The fourth-order valence-corrected chi connectivity index (χ4v) is 3.05. The van der Waals surface area contributed by atoms with Crippen molar-refractivity contribution in [1.82, 2.24) is 0 Å². The Morgan fingerprint density at radius 2 is 1.61 bits per heavy atom. The molecule has 2 atom stereocenters. The number of ether oxygens (including phenoxy) is 3. The molecule has 7 heteroatoms. The van der Waals surface area contributed by atoms with Crippen LogP contribution in [0.1, 0.15) is 45.1 Å². The average molecular weight is 458 g/mol. The number of hydrogen-bond donors (Lipinski definition) is 0. The van der Waals surface area contributed by atoms with Gasteiger partial charge < -0.3 is 14.2 Å². The Labute approximate surface area is 199 Å². The molecule has 2 unspecified atom stereocenters. The number of nitriles is 1. The van der Waals surface area contributed by atoms with Crippen LogP contribution in [0.15, 0.2) is 78.9 Å². The van der Waals surface area contributed by atoms with Gasteiger partial charge in [0.15, 0.2) is 0 Å². The molecule has 0 aromatic heterocycles. The molecule has 3 rings (SSSR count). The highest BCUT2D eigenvalue weighted by Gasteiger charge is 2.29. The Balaban J connectivity index is 1.95. The van der Waals surface area contributed by atoms with E-state index in [1.807, 2.05) is 6.07 Å². The van der Waals surface area contributed by atoms with Gasteiger partial charge in [-0.15, -0.1) is 0 Å². The first kappa shape index (κ1) is 16.7. The highest BCUT2D eigenvalue weighted by atomic mass is 19.3. The zero-order valence-electron chi connectivity index (χ0n) is 23.2. The second-order valence-electron chi connectivity index (χ2n) is 6.84. The van der Waals surface area contributed by atoms with E-state index >= 15 is 0 Å². The van der Waals surface area contributed by atoms with Crippen molar-refractivity contribution in [2.24, 2.45) is 5.92 Å².